The fraction of sp³-hybridized carbons (Fsp3) is 0.0714. The maximum Gasteiger partial charge on any atom is 0.269 e. The second-order valence-electron chi connectivity index (χ2n) is 20.0. The smallest absolute Gasteiger partial charge is 0.269 e. The number of nitrogens with zero attached hydrogens (tertiary/aromatic N) is 5. The molecular weight excluding hydrogens is 1150 g/mol. The molecule has 0 amide bonds. The van der Waals surface area contributed by atoms with Gasteiger partial charge in [0.25, 0.3) is 6.33 Å². The van der Waals surface area contributed by atoms with Crippen molar-refractivity contribution in [2.24, 2.45) is 0 Å². The van der Waals surface area contributed by atoms with Crippen LogP contribution < -0.4 is 30.1 Å². The molecular formula is C70H53N5OPtSi-2. The molecule has 380 valence electrons. The summed E-state index contributed by atoms with van der Waals surface area (Å²) >= 11 is 0. The van der Waals surface area contributed by atoms with Gasteiger partial charge in [-0.15, -0.1) is 17.5 Å². The van der Waals surface area contributed by atoms with E-state index in [2.05, 4.69) is 183 Å². The maximum absolute atomic E-state index is 8.67. The van der Waals surface area contributed by atoms with Crippen molar-refractivity contribution in [2.75, 3.05) is 0 Å². The summed E-state index contributed by atoms with van der Waals surface area (Å²) in [5.41, 5.74) is 6.36. The molecule has 0 saturated carbocycles. The van der Waals surface area contributed by atoms with E-state index in [1.54, 1.807) is 16.8 Å². The Bertz CT molecular complexity index is 4620. The van der Waals surface area contributed by atoms with Gasteiger partial charge in [-0.3, -0.25) is 14.1 Å². The van der Waals surface area contributed by atoms with Crippen LogP contribution in [0.2, 0.25) is 0 Å². The summed E-state index contributed by atoms with van der Waals surface area (Å²) in [5.74, 6) is 1.33. The largest absolute Gasteiger partial charge is 0.522 e. The quantitative estimate of drug-likeness (QED) is 0.0561. The summed E-state index contributed by atoms with van der Waals surface area (Å²) in [6.45, 7) is 3.95. The molecule has 0 spiro atoms. The van der Waals surface area contributed by atoms with Crippen molar-refractivity contribution in [2.45, 2.75) is 33.0 Å². The predicted octanol–water partition coefficient (Wildman–Crippen LogP) is 13.3. The maximum atomic E-state index is 8.67. The van der Waals surface area contributed by atoms with Gasteiger partial charge in [-0.2, -0.15) is 18.2 Å². The van der Waals surface area contributed by atoms with Crippen LogP contribution in [0.5, 0.6) is 11.5 Å². The molecule has 0 aliphatic rings. The van der Waals surface area contributed by atoms with Crippen molar-refractivity contribution in [1.82, 2.24) is 19.1 Å². The zero-order chi connectivity index (χ0) is 58.9. The molecule has 78 heavy (non-hydrogen) atoms. The molecule has 0 aliphatic carbocycles. The number of rotatable bonds is 11. The Labute approximate surface area is 482 Å². The molecule has 0 fully saturated rings. The number of aromatic nitrogens is 5. The number of imidazole rings is 1. The van der Waals surface area contributed by atoms with E-state index in [1.165, 1.54) is 33.0 Å². The summed E-state index contributed by atoms with van der Waals surface area (Å²) in [6.07, 6.45) is 6.69. The van der Waals surface area contributed by atoms with Gasteiger partial charge in [0, 0.05) is 48.2 Å². The number of fused-ring (bicyclic) bond motifs is 4. The van der Waals surface area contributed by atoms with E-state index in [-0.39, 0.29) is 49.0 Å². The van der Waals surface area contributed by atoms with Crippen molar-refractivity contribution < 1.29 is 41.3 Å². The molecule has 0 atom stereocenters. The van der Waals surface area contributed by atoms with Gasteiger partial charge in [0.2, 0.25) is 0 Å². The summed E-state index contributed by atoms with van der Waals surface area (Å²) < 4.78 is 80.4. The molecule has 9 aromatic carbocycles. The van der Waals surface area contributed by atoms with Crippen molar-refractivity contribution in [1.29, 1.82) is 0 Å². The third kappa shape index (κ3) is 8.79. The van der Waals surface area contributed by atoms with Crippen LogP contribution in [0.25, 0.3) is 72.4 Å². The number of aryl methyl sites for hydroxylation is 1. The SMILES string of the molecule is [2H]c1c([2H])c([2H])c(-c2cnc(-n3c4[c-]c(Oc5[c-]c(-n6[c-][n+](-c7c(-c8cccc([Si](c9ccccc9)(c9ccccc9)c9ccccc9)c8)cccc7C(C)(C)C)c7ccccc76)ncc5)ccc4c4ccccc43)cc2C([2H])([2H])[2H])c([2H])c1[2H].[Pt]. The zero-order valence-corrected chi connectivity index (χ0v) is 46.0. The predicted molar refractivity (Wildman–Crippen MR) is 316 cm³/mol. The van der Waals surface area contributed by atoms with Crippen LogP contribution in [-0.2, 0) is 26.5 Å². The van der Waals surface area contributed by atoms with E-state index in [0.717, 1.165) is 44.2 Å². The van der Waals surface area contributed by atoms with Gasteiger partial charge in [-0.1, -0.05) is 239 Å². The number of pyridine rings is 2. The van der Waals surface area contributed by atoms with Crippen LogP contribution in [0.15, 0.2) is 249 Å². The number of ether oxygens (including phenoxy) is 1. The van der Waals surface area contributed by atoms with Crippen LogP contribution in [-0.4, -0.2) is 27.2 Å². The van der Waals surface area contributed by atoms with Gasteiger partial charge in [0.15, 0.2) is 8.07 Å². The molecule has 0 saturated heterocycles. The van der Waals surface area contributed by atoms with E-state index in [9.17, 15) is 0 Å². The Balaban J connectivity index is 0.00000724. The van der Waals surface area contributed by atoms with Gasteiger partial charge < -0.3 is 9.30 Å². The van der Waals surface area contributed by atoms with Crippen LogP contribution in [0.3, 0.4) is 0 Å². The molecule has 0 aliphatic heterocycles. The molecule has 0 N–H and O–H groups in total. The van der Waals surface area contributed by atoms with Gasteiger partial charge >= 0.3 is 0 Å². The summed E-state index contributed by atoms with van der Waals surface area (Å²) in [4.78, 5) is 9.59. The summed E-state index contributed by atoms with van der Waals surface area (Å²) in [7, 11) is -2.89. The normalized spacial score (nSPS) is 13.4. The van der Waals surface area contributed by atoms with E-state index in [4.69, 9.17) is 25.7 Å². The molecule has 0 unspecified atom stereocenters. The summed E-state index contributed by atoms with van der Waals surface area (Å²) in [6, 6.07) is 75.3. The summed E-state index contributed by atoms with van der Waals surface area (Å²) in [5, 5.41) is 6.77. The number of hydrogen-bond donors (Lipinski definition) is 0. The second kappa shape index (κ2) is 20.7. The van der Waals surface area contributed by atoms with E-state index >= 15 is 0 Å². The average molecular weight is 1210 g/mol. The van der Waals surface area contributed by atoms with Gasteiger partial charge in [0.05, 0.1) is 29.4 Å². The molecule has 6 nitrogen and oxygen atoms in total. The first-order valence-corrected chi connectivity index (χ1v) is 27.5. The molecule has 13 rings (SSSR count). The van der Waals surface area contributed by atoms with Crippen molar-refractivity contribution in [3.05, 3.63) is 278 Å². The van der Waals surface area contributed by atoms with Crippen molar-refractivity contribution in [3.8, 4) is 51.1 Å². The minimum absolute atomic E-state index is 0. The first-order valence-electron chi connectivity index (χ1n) is 29.5. The standard InChI is InChI=1S/C70H53N5OSi.Pt/c1-49-43-68(72-47-61(49)50-23-9-5-10-24-50)75-63-36-18-17-33-59(63)60-40-39-52(45-66(60)75)76-53-41-42-71-67(46-53)73-48-74(65-38-20-19-37-64(65)73)69-58(34-22-35-62(69)70(2,3)4)51-25-21-32-57(44-51)77(54-26-11-6-12-27-54,55-28-13-7-14-29-55)56-30-15-8-16-31-56;/h5-44,47H,1-4H3;/q-2;/i1D3,5D,9D,10D,23D,24D;. The Morgan fingerprint density at radius 1 is 0.577 bits per heavy atom. The van der Waals surface area contributed by atoms with Crippen LogP contribution in [0.1, 0.15) is 42.9 Å². The van der Waals surface area contributed by atoms with Crippen molar-refractivity contribution in [3.63, 3.8) is 0 Å². The Hall–Kier alpha value is -8.74. The number of para-hydroxylation sites is 4. The third-order valence-corrected chi connectivity index (χ3v) is 19.2. The third-order valence-electron chi connectivity index (χ3n) is 14.4. The Morgan fingerprint density at radius 3 is 1.92 bits per heavy atom. The Morgan fingerprint density at radius 2 is 1.22 bits per heavy atom. The number of benzene rings is 9. The van der Waals surface area contributed by atoms with Crippen LogP contribution >= 0.6 is 0 Å². The monoisotopic (exact) mass is 1210 g/mol. The minimum Gasteiger partial charge on any atom is -0.522 e. The van der Waals surface area contributed by atoms with Crippen LogP contribution in [0, 0.1) is 25.3 Å². The minimum atomic E-state index is -2.89. The Kier molecular flexibility index (Phi) is 11.0. The number of hydrogen-bond acceptors (Lipinski definition) is 3. The van der Waals surface area contributed by atoms with Gasteiger partial charge in [-0.05, 0) is 84.1 Å². The zero-order valence-electron chi connectivity index (χ0n) is 50.7. The molecule has 0 radical (unpaired) electrons. The van der Waals surface area contributed by atoms with Gasteiger partial charge in [0.1, 0.15) is 5.82 Å². The van der Waals surface area contributed by atoms with Crippen molar-refractivity contribution >= 4 is 61.7 Å². The van der Waals surface area contributed by atoms with E-state index in [0.29, 0.717) is 28.4 Å². The first-order chi connectivity index (χ1) is 41.0. The topological polar surface area (TPSA) is 48.8 Å². The van der Waals surface area contributed by atoms with Crippen LogP contribution in [0.4, 0.5) is 0 Å². The van der Waals surface area contributed by atoms with E-state index in [1.807, 2.05) is 59.2 Å². The second-order valence-corrected chi connectivity index (χ2v) is 23.8. The molecule has 0 bridgehead atoms. The van der Waals surface area contributed by atoms with Gasteiger partial charge in [-0.25, -0.2) is 4.98 Å². The first kappa shape index (κ1) is 41.4. The molecule has 13 aromatic rings. The average Bonchev–Trinajstić information content (AvgIpc) is 1.22. The molecule has 4 aromatic heterocycles. The fourth-order valence-electron chi connectivity index (χ4n) is 11.0. The van der Waals surface area contributed by atoms with E-state index < -0.39 is 45.1 Å². The molecule has 4 heterocycles. The molecule has 8 heteroatoms. The fourth-order valence-corrected chi connectivity index (χ4v) is 15.8.